The summed E-state index contributed by atoms with van der Waals surface area (Å²) < 4.78 is 9.85. The molecule has 0 aliphatic rings. The molecule has 0 radical (unpaired) electrons. The molecule has 0 amide bonds. The number of unbranched alkanes of at least 4 members (excludes halogenated alkanes) is 1. The molecule has 0 spiro atoms. The van der Waals surface area contributed by atoms with Crippen molar-refractivity contribution in [1.82, 2.24) is 0 Å². The Morgan fingerprint density at radius 2 is 1.31 bits per heavy atom. The van der Waals surface area contributed by atoms with Gasteiger partial charge >= 0.3 is 23.9 Å². The van der Waals surface area contributed by atoms with E-state index in [2.05, 4.69) is 0 Å². The summed E-state index contributed by atoms with van der Waals surface area (Å²) in [5.74, 6) is -2.48. The van der Waals surface area contributed by atoms with Crippen molar-refractivity contribution in [3.8, 4) is 0 Å². The van der Waals surface area contributed by atoms with Gasteiger partial charge in [0.1, 0.15) is 12.1 Å². The predicted molar refractivity (Wildman–Crippen MR) is 120 cm³/mol. The van der Waals surface area contributed by atoms with Crippen molar-refractivity contribution in [3.63, 3.8) is 0 Å². The largest absolute Gasteiger partial charge is 0.481 e. The number of hydrogen-bond donors (Lipinski definition) is 4. The quantitative estimate of drug-likeness (QED) is 0.160. The molecule has 0 aliphatic heterocycles. The van der Waals surface area contributed by atoms with Crippen molar-refractivity contribution >= 4 is 23.9 Å². The van der Waals surface area contributed by atoms with Crippen LogP contribution in [-0.2, 0) is 28.7 Å². The van der Waals surface area contributed by atoms with Crippen molar-refractivity contribution in [1.29, 1.82) is 0 Å². The average molecular weight is 461 g/mol. The number of carboxylic acids is 2. The van der Waals surface area contributed by atoms with Gasteiger partial charge in [-0.3, -0.25) is 14.4 Å². The van der Waals surface area contributed by atoms with E-state index < -0.39 is 36.0 Å². The van der Waals surface area contributed by atoms with Crippen LogP contribution in [0.15, 0.2) is 12.2 Å². The molecule has 4 unspecified atom stereocenters. The Morgan fingerprint density at radius 3 is 1.72 bits per heavy atom. The maximum atomic E-state index is 11.4. The SMILES string of the molecule is CCC(C)C(N)C(=O)OCCC=CC(=O)O.CCC(C)C(N)C(=O)OCCCCC(=O)O. The number of carbonyl (C=O) groups excluding carboxylic acids is 2. The molecule has 0 aromatic rings. The van der Waals surface area contributed by atoms with Crippen LogP contribution in [-0.4, -0.2) is 59.4 Å². The van der Waals surface area contributed by atoms with Gasteiger partial charge in [0.2, 0.25) is 0 Å². The van der Waals surface area contributed by atoms with Crippen molar-refractivity contribution in [2.75, 3.05) is 13.2 Å². The smallest absolute Gasteiger partial charge is 0.327 e. The number of ether oxygens (including phenoxy) is 2. The molecule has 10 nitrogen and oxygen atoms in total. The molecule has 0 rings (SSSR count). The number of rotatable bonds is 15. The van der Waals surface area contributed by atoms with E-state index in [4.69, 9.17) is 31.2 Å². The standard InChI is InChI=1S/C11H21NO4.C11H19NO4/c2*1-3-8(2)10(12)11(15)16-7-5-4-6-9(13)14/h8,10H,3-7,12H2,1-2H3,(H,13,14);4,6,8,10H,3,5,7,12H2,1-2H3,(H,13,14). The highest BCUT2D eigenvalue weighted by molar-refractivity contribution is 5.79. The highest BCUT2D eigenvalue weighted by atomic mass is 16.5. The number of carboxylic acid groups (broad SMARTS) is 2. The van der Waals surface area contributed by atoms with Gasteiger partial charge in [0.15, 0.2) is 0 Å². The lowest BCUT2D eigenvalue weighted by Gasteiger charge is -2.16. The number of aliphatic carboxylic acids is 2. The molecule has 0 fully saturated rings. The zero-order valence-electron chi connectivity index (χ0n) is 19.6. The number of hydrogen-bond acceptors (Lipinski definition) is 8. The third-order valence-corrected chi connectivity index (χ3v) is 4.88. The van der Waals surface area contributed by atoms with Crippen LogP contribution in [0.1, 0.15) is 66.2 Å². The molecule has 0 aromatic heterocycles. The van der Waals surface area contributed by atoms with Gasteiger partial charge in [-0.1, -0.05) is 46.6 Å². The lowest BCUT2D eigenvalue weighted by molar-refractivity contribution is -0.147. The van der Waals surface area contributed by atoms with Crippen LogP contribution in [0.4, 0.5) is 0 Å². The van der Waals surface area contributed by atoms with E-state index >= 15 is 0 Å². The first kappa shape index (κ1) is 31.7. The van der Waals surface area contributed by atoms with Gasteiger partial charge in [-0.25, -0.2) is 4.79 Å². The summed E-state index contributed by atoms with van der Waals surface area (Å²) >= 11 is 0. The van der Waals surface area contributed by atoms with Crippen LogP contribution in [0.2, 0.25) is 0 Å². The van der Waals surface area contributed by atoms with Crippen LogP contribution in [0, 0.1) is 11.8 Å². The third kappa shape index (κ3) is 17.2. The third-order valence-electron chi connectivity index (χ3n) is 4.88. The zero-order valence-corrected chi connectivity index (χ0v) is 19.6. The first-order chi connectivity index (χ1) is 15.0. The Balaban J connectivity index is 0. The number of carbonyl (C=O) groups is 4. The normalized spacial score (nSPS) is 14.4. The van der Waals surface area contributed by atoms with Gasteiger partial charge in [-0.2, -0.15) is 0 Å². The Bertz CT molecular complexity index is 594. The lowest BCUT2D eigenvalue weighted by atomic mass is 10.0. The molecule has 10 heteroatoms. The number of esters is 2. The number of nitrogens with two attached hydrogens (primary N) is 2. The van der Waals surface area contributed by atoms with Crippen LogP contribution in [0.25, 0.3) is 0 Å². The van der Waals surface area contributed by atoms with Gasteiger partial charge in [-0.05, 0) is 24.7 Å². The molecule has 0 aliphatic carbocycles. The Morgan fingerprint density at radius 1 is 0.844 bits per heavy atom. The van der Waals surface area contributed by atoms with Crippen molar-refractivity contribution in [2.24, 2.45) is 23.3 Å². The summed E-state index contributed by atoms with van der Waals surface area (Å²) in [7, 11) is 0. The maximum absolute atomic E-state index is 11.4. The first-order valence-corrected chi connectivity index (χ1v) is 10.9. The van der Waals surface area contributed by atoms with E-state index in [9.17, 15) is 19.2 Å². The topological polar surface area (TPSA) is 179 Å². The van der Waals surface area contributed by atoms with E-state index in [1.807, 2.05) is 27.7 Å². The van der Waals surface area contributed by atoms with Gasteiger partial charge in [-0.15, -0.1) is 0 Å². The molecular weight excluding hydrogens is 420 g/mol. The molecule has 0 bridgehead atoms. The minimum atomic E-state index is -1.01. The molecule has 32 heavy (non-hydrogen) atoms. The van der Waals surface area contributed by atoms with Crippen molar-refractivity contribution < 1.29 is 38.9 Å². The molecule has 0 heterocycles. The van der Waals surface area contributed by atoms with Crippen molar-refractivity contribution in [2.45, 2.75) is 78.3 Å². The Labute approximate surface area is 190 Å². The monoisotopic (exact) mass is 460 g/mol. The van der Waals surface area contributed by atoms with E-state index in [0.29, 0.717) is 19.3 Å². The highest BCUT2D eigenvalue weighted by Crippen LogP contribution is 2.08. The summed E-state index contributed by atoms with van der Waals surface area (Å²) in [6.07, 6.45) is 5.66. The fourth-order valence-corrected chi connectivity index (χ4v) is 2.13. The second kappa shape index (κ2) is 19.2. The molecular formula is C22H40N2O8. The summed E-state index contributed by atoms with van der Waals surface area (Å²) in [5, 5.41) is 16.7. The zero-order chi connectivity index (χ0) is 25.1. The van der Waals surface area contributed by atoms with E-state index in [1.54, 1.807) is 0 Å². The fourth-order valence-electron chi connectivity index (χ4n) is 2.13. The fraction of sp³-hybridized carbons (Fsp3) is 0.727. The van der Waals surface area contributed by atoms with Gasteiger partial charge < -0.3 is 31.2 Å². The summed E-state index contributed by atoms with van der Waals surface area (Å²) in [4.78, 5) is 43.1. The Hall–Kier alpha value is -2.46. The molecule has 0 saturated heterocycles. The van der Waals surface area contributed by atoms with Crippen LogP contribution in [0.5, 0.6) is 0 Å². The minimum absolute atomic E-state index is 0.0852. The van der Waals surface area contributed by atoms with Crippen LogP contribution >= 0.6 is 0 Å². The molecule has 4 atom stereocenters. The second-order valence-electron chi connectivity index (χ2n) is 7.54. The predicted octanol–water partition coefficient (Wildman–Crippen LogP) is 2.09. The van der Waals surface area contributed by atoms with Gasteiger partial charge in [0.05, 0.1) is 13.2 Å². The van der Waals surface area contributed by atoms with E-state index in [-0.39, 0.29) is 31.5 Å². The summed E-state index contributed by atoms with van der Waals surface area (Å²) in [6, 6.07) is -1.18. The second-order valence-corrected chi connectivity index (χ2v) is 7.54. The van der Waals surface area contributed by atoms with Gasteiger partial charge in [0.25, 0.3) is 0 Å². The van der Waals surface area contributed by atoms with Crippen LogP contribution < -0.4 is 11.5 Å². The molecule has 0 aromatic carbocycles. The average Bonchev–Trinajstić information content (AvgIpc) is 2.75. The first-order valence-electron chi connectivity index (χ1n) is 10.9. The summed E-state index contributed by atoms with van der Waals surface area (Å²) in [6.45, 7) is 8.10. The Kier molecular flexibility index (Phi) is 19.1. The van der Waals surface area contributed by atoms with Crippen molar-refractivity contribution in [3.05, 3.63) is 12.2 Å². The highest BCUT2D eigenvalue weighted by Gasteiger charge is 2.21. The molecule has 0 saturated carbocycles. The minimum Gasteiger partial charge on any atom is -0.481 e. The lowest BCUT2D eigenvalue weighted by Crippen LogP contribution is -2.38. The molecule has 186 valence electrons. The maximum Gasteiger partial charge on any atom is 0.327 e. The van der Waals surface area contributed by atoms with E-state index in [0.717, 1.165) is 18.9 Å². The van der Waals surface area contributed by atoms with Crippen LogP contribution in [0.3, 0.4) is 0 Å². The molecule has 6 N–H and O–H groups in total. The van der Waals surface area contributed by atoms with E-state index in [1.165, 1.54) is 6.08 Å². The van der Waals surface area contributed by atoms with Gasteiger partial charge in [0, 0.05) is 18.9 Å². The summed E-state index contributed by atoms with van der Waals surface area (Å²) in [5.41, 5.74) is 11.3.